The highest BCUT2D eigenvalue weighted by atomic mass is 35.5. The molecule has 1 aliphatic rings. The van der Waals surface area contributed by atoms with Crippen molar-refractivity contribution in [1.29, 1.82) is 0 Å². The molecule has 2 N–H and O–H groups in total. The molecule has 1 amide bonds. The Hall–Kier alpha value is -0.490. The number of carbonyl (C=O) groups excluding carboxylic acids is 1. The molecule has 1 rings (SSSR count). The Morgan fingerprint density at radius 3 is 2.12 bits per heavy atom. The molecule has 0 aromatic heterocycles. The second-order valence-corrected chi connectivity index (χ2v) is 3.93. The van der Waals surface area contributed by atoms with Crippen LogP contribution in [0, 0.1) is 5.92 Å². The third-order valence-electron chi connectivity index (χ3n) is 2.66. The van der Waals surface area contributed by atoms with Gasteiger partial charge in [0.25, 0.3) is 0 Å². The normalized spacial score (nSPS) is 20.2. The van der Waals surface area contributed by atoms with Crippen molar-refractivity contribution in [3.63, 3.8) is 0 Å². The molecule has 1 aliphatic heterocycles. The van der Waals surface area contributed by atoms with Crippen molar-refractivity contribution in [1.82, 2.24) is 4.90 Å². The van der Waals surface area contributed by atoms with Crippen molar-refractivity contribution in [3.8, 4) is 0 Å². The van der Waals surface area contributed by atoms with Crippen LogP contribution in [0.15, 0.2) is 0 Å². The highest BCUT2D eigenvalue weighted by Gasteiger charge is 2.41. The molecule has 3 nitrogen and oxygen atoms in total. The zero-order valence-electron chi connectivity index (χ0n) is 8.96. The molecular formula is C9H16ClF3N2O. The van der Waals surface area contributed by atoms with Crippen LogP contribution in [0.1, 0.15) is 19.8 Å². The Balaban J connectivity index is 0.00000225. The van der Waals surface area contributed by atoms with Crippen molar-refractivity contribution < 1.29 is 18.0 Å². The average Bonchev–Trinajstić information content (AvgIpc) is 2.15. The van der Waals surface area contributed by atoms with Crippen LogP contribution < -0.4 is 5.73 Å². The zero-order valence-corrected chi connectivity index (χ0v) is 9.77. The minimum absolute atomic E-state index is 0. The summed E-state index contributed by atoms with van der Waals surface area (Å²) in [4.78, 5) is 12.8. The quantitative estimate of drug-likeness (QED) is 0.778. The first-order valence-electron chi connectivity index (χ1n) is 4.93. The summed E-state index contributed by atoms with van der Waals surface area (Å²) in [5.74, 6) is -1.54. The van der Waals surface area contributed by atoms with E-state index in [1.165, 1.54) is 11.8 Å². The fourth-order valence-corrected chi connectivity index (χ4v) is 1.72. The maximum atomic E-state index is 12.3. The van der Waals surface area contributed by atoms with Crippen LogP contribution in [0.3, 0.4) is 0 Å². The molecule has 0 aromatic carbocycles. The first kappa shape index (κ1) is 15.5. The summed E-state index contributed by atoms with van der Waals surface area (Å²) in [5, 5.41) is 0. The molecular weight excluding hydrogens is 245 g/mol. The lowest BCUT2D eigenvalue weighted by Gasteiger charge is -2.33. The van der Waals surface area contributed by atoms with Crippen molar-refractivity contribution in [3.05, 3.63) is 0 Å². The van der Waals surface area contributed by atoms with Gasteiger partial charge in [0.05, 0.1) is 12.0 Å². The van der Waals surface area contributed by atoms with Crippen LogP contribution in [0.25, 0.3) is 0 Å². The molecule has 16 heavy (non-hydrogen) atoms. The maximum Gasteiger partial charge on any atom is 0.391 e. The molecule has 7 heteroatoms. The van der Waals surface area contributed by atoms with E-state index in [0.29, 0.717) is 0 Å². The zero-order chi connectivity index (χ0) is 11.6. The molecule has 0 radical (unpaired) electrons. The molecule has 0 aromatic rings. The van der Waals surface area contributed by atoms with E-state index in [9.17, 15) is 18.0 Å². The lowest BCUT2D eigenvalue weighted by atomic mass is 9.96. The van der Waals surface area contributed by atoms with Gasteiger partial charge in [-0.25, -0.2) is 0 Å². The first-order chi connectivity index (χ1) is 6.82. The highest BCUT2D eigenvalue weighted by Crippen LogP contribution is 2.34. The van der Waals surface area contributed by atoms with E-state index >= 15 is 0 Å². The first-order valence-corrected chi connectivity index (χ1v) is 4.93. The van der Waals surface area contributed by atoms with Gasteiger partial charge in [0, 0.05) is 13.1 Å². The highest BCUT2D eigenvalue weighted by molar-refractivity contribution is 5.85. The van der Waals surface area contributed by atoms with Crippen molar-refractivity contribution >= 4 is 18.3 Å². The molecule has 0 saturated carbocycles. The van der Waals surface area contributed by atoms with Crippen LogP contribution in [0.4, 0.5) is 13.2 Å². The number of hydrogen-bond acceptors (Lipinski definition) is 2. The van der Waals surface area contributed by atoms with Gasteiger partial charge in [0.15, 0.2) is 0 Å². The van der Waals surface area contributed by atoms with Crippen LogP contribution in [0.5, 0.6) is 0 Å². The van der Waals surface area contributed by atoms with E-state index in [2.05, 4.69) is 0 Å². The standard InChI is InChI=1S/C9H15F3N2O.ClH/c1-6(13)8(15)14-4-2-7(3-5-14)9(10,11)12;/h6-7H,2-5,13H2,1H3;1H/t6-;/m0./s1. The summed E-state index contributed by atoms with van der Waals surface area (Å²) in [5.41, 5.74) is 5.37. The molecule has 96 valence electrons. The van der Waals surface area contributed by atoms with E-state index in [1.54, 1.807) is 0 Å². The third kappa shape index (κ3) is 3.83. The smallest absolute Gasteiger partial charge is 0.341 e. The molecule has 0 aliphatic carbocycles. The molecule has 1 saturated heterocycles. The van der Waals surface area contributed by atoms with E-state index < -0.39 is 18.1 Å². The number of rotatable bonds is 1. The minimum Gasteiger partial charge on any atom is -0.341 e. The Morgan fingerprint density at radius 2 is 1.81 bits per heavy atom. The number of halogens is 4. The van der Waals surface area contributed by atoms with Gasteiger partial charge in [0.1, 0.15) is 0 Å². The van der Waals surface area contributed by atoms with Gasteiger partial charge >= 0.3 is 6.18 Å². The van der Waals surface area contributed by atoms with E-state index in [-0.39, 0.29) is 44.2 Å². The maximum absolute atomic E-state index is 12.3. The van der Waals surface area contributed by atoms with Crippen LogP contribution in [-0.4, -0.2) is 36.1 Å². The van der Waals surface area contributed by atoms with Gasteiger partial charge in [-0.2, -0.15) is 13.2 Å². The van der Waals surface area contributed by atoms with Crippen LogP contribution >= 0.6 is 12.4 Å². The van der Waals surface area contributed by atoms with Crippen molar-refractivity contribution in [2.45, 2.75) is 32.0 Å². The number of alkyl halides is 3. The number of hydrogen-bond donors (Lipinski definition) is 1. The summed E-state index contributed by atoms with van der Waals surface area (Å²) < 4.78 is 36.9. The average molecular weight is 261 g/mol. The Bertz CT molecular complexity index is 237. The second kappa shape index (κ2) is 5.72. The molecule has 0 unspecified atom stereocenters. The molecule has 1 heterocycles. The summed E-state index contributed by atoms with van der Waals surface area (Å²) in [6, 6.07) is -0.632. The van der Waals surface area contributed by atoms with E-state index in [4.69, 9.17) is 5.73 Å². The summed E-state index contributed by atoms with van der Waals surface area (Å²) in [6.07, 6.45) is -4.16. The van der Waals surface area contributed by atoms with Gasteiger partial charge in [-0.15, -0.1) is 12.4 Å². The van der Waals surface area contributed by atoms with E-state index in [0.717, 1.165) is 0 Å². The minimum atomic E-state index is -4.14. The van der Waals surface area contributed by atoms with Crippen molar-refractivity contribution in [2.75, 3.05) is 13.1 Å². The largest absolute Gasteiger partial charge is 0.391 e. The molecule has 0 bridgehead atoms. The lowest BCUT2D eigenvalue weighted by Crippen LogP contribution is -2.47. The van der Waals surface area contributed by atoms with Crippen LogP contribution in [-0.2, 0) is 4.79 Å². The van der Waals surface area contributed by atoms with Crippen LogP contribution in [0.2, 0.25) is 0 Å². The van der Waals surface area contributed by atoms with Crippen molar-refractivity contribution in [2.24, 2.45) is 11.7 Å². The summed E-state index contributed by atoms with van der Waals surface area (Å²) >= 11 is 0. The summed E-state index contributed by atoms with van der Waals surface area (Å²) in [6.45, 7) is 1.85. The number of amides is 1. The van der Waals surface area contributed by atoms with Gasteiger partial charge in [-0.1, -0.05) is 0 Å². The van der Waals surface area contributed by atoms with Gasteiger partial charge in [-0.3, -0.25) is 4.79 Å². The SMILES string of the molecule is C[C@H](N)C(=O)N1CCC(C(F)(F)F)CC1.Cl. The Labute approximate surface area is 98.6 Å². The number of nitrogens with two attached hydrogens (primary N) is 1. The second-order valence-electron chi connectivity index (χ2n) is 3.93. The number of nitrogens with zero attached hydrogens (tertiary/aromatic N) is 1. The monoisotopic (exact) mass is 260 g/mol. The number of piperidine rings is 1. The van der Waals surface area contributed by atoms with Gasteiger partial charge in [-0.05, 0) is 19.8 Å². The lowest BCUT2D eigenvalue weighted by molar-refractivity contribution is -0.186. The fraction of sp³-hybridized carbons (Fsp3) is 0.889. The van der Waals surface area contributed by atoms with Gasteiger partial charge in [0.2, 0.25) is 5.91 Å². The topological polar surface area (TPSA) is 46.3 Å². The third-order valence-corrected chi connectivity index (χ3v) is 2.66. The number of carbonyl (C=O) groups is 1. The predicted octanol–water partition coefficient (Wildman–Crippen LogP) is 1.56. The molecule has 0 spiro atoms. The fourth-order valence-electron chi connectivity index (χ4n) is 1.72. The molecule has 1 atom stereocenters. The number of likely N-dealkylation sites (tertiary alicyclic amines) is 1. The summed E-state index contributed by atoms with van der Waals surface area (Å²) in [7, 11) is 0. The van der Waals surface area contributed by atoms with Gasteiger partial charge < -0.3 is 10.6 Å². The Morgan fingerprint density at radius 1 is 1.38 bits per heavy atom. The van der Waals surface area contributed by atoms with E-state index in [1.807, 2.05) is 0 Å². The Kier molecular flexibility index (Phi) is 5.55. The molecule has 1 fully saturated rings. The predicted molar refractivity (Wildman–Crippen MR) is 56.3 cm³/mol.